The van der Waals surface area contributed by atoms with E-state index in [2.05, 4.69) is 58.1 Å². The van der Waals surface area contributed by atoms with Gasteiger partial charge in [0.05, 0.1) is 6.26 Å². The second kappa shape index (κ2) is 6.01. The topological polar surface area (TPSA) is 25.2 Å². The van der Waals surface area contributed by atoms with E-state index in [1.165, 1.54) is 16.5 Å². The van der Waals surface area contributed by atoms with Crippen LogP contribution < -0.4 is 5.32 Å². The molecule has 2 aromatic rings. The van der Waals surface area contributed by atoms with Gasteiger partial charge < -0.3 is 9.73 Å². The Hall–Kier alpha value is -1.28. The summed E-state index contributed by atoms with van der Waals surface area (Å²) >= 11 is 0. The molecule has 0 atom stereocenters. The lowest BCUT2D eigenvalue weighted by Gasteiger charge is -2.18. The lowest BCUT2D eigenvalue weighted by molar-refractivity contribution is 0.547. The molecule has 0 aliphatic rings. The first-order valence-corrected chi connectivity index (χ1v) is 7.60. The van der Waals surface area contributed by atoms with E-state index < -0.39 is 0 Å². The van der Waals surface area contributed by atoms with E-state index in [0.717, 1.165) is 25.1 Å². The van der Waals surface area contributed by atoms with E-state index in [0.29, 0.717) is 5.92 Å². The van der Waals surface area contributed by atoms with Crippen molar-refractivity contribution in [2.75, 3.05) is 13.1 Å². The standard InChI is InChI=1S/C18H27NO/c1-13(2)11-19-10-9-14-12-20-17-15(14)7-6-8-16(17)18(3,4)5/h6-8,12-13,19H,9-11H2,1-5H3. The Kier molecular flexibility index (Phi) is 4.54. The molecule has 0 aliphatic heterocycles. The van der Waals surface area contributed by atoms with E-state index in [1.807, 2.05) is 6.26 Å². The second-order valence-corrected chi connectivity index (χ2v) is 7.04. The van der Waals surface area contributed by atoms with Crippen molar-refractivity contribution in [2.45, 2.75) is 46.5 Å². The molecule has 0 radical (unpaired) electrons. The van der Waals surface area contributed by atoms with E-state index in [1.54, 1.807) is 0 Å². The van der Waals surface area contributed by atoms with Crippen molar-refractivity contribution in [2.24, 2.45) is 5.92 Å². The van der Waals surface area contributed by atoms with Crippen molar-refractivity contribution >= 4 is 11.0 Å². The third-order valence-electron chi connectivity index (χ3n) is 3.61. The van der Waals surface area contributed by atoms with Crippen LogP contribution in [0.25, 0.3) is 11.0 Å². The summed E-state index contributed by atoms with van der Waals surface area (Å²) in [6, 6.07) is 6.49. The third kappa shape index (κ3) is 3.43. The normalized spacial score (nSPS) is 12.5. The quantitative estimate of drug-likeness (QED) is 0.810. The molecule has 2 heteroatoms. The summed E-state index contributed by atoms with van der Waals surface area (Å²) in [5.74, 6) is 0.698. The molecular weight excluding hydrogens is 246 g/mol. The van der Waals surface area contributed by atoms with Gasteiger partial charge in [-0.1, -0.05) is 52.8 Å². The van der Waals surface area contributed by atoms with Crippen LogP contribution in [0.3, 0.4) is 0 Å². The summed E-state index contributed by atoms with van der Waals surface area (Å²) in [4.78, 5) is 0. The zero-order chi connectivity index (χ0) is 14.8. The molecule has 1 aromatic heterocycles. The van der Waals surface area contributed by atoms with Crippen molar-refractivity contribution < 1.29 is 4.42 Å². The Morgan fingerprint density at radius 1 is 1.20 bits per heavy atom. The number of nitrogens with one attached hydrogen (secondary N) is 1. The molecule has 20 heavy (non-hydrogen) atoms. The number of furan rings is 1. The maximum absolute atomic E-state index is 5.86. The SMILES string of the molecule is CC(C)CNCCc1coc2c(C(C)(C)C)cccc12. The lowest BCUT2D eigenvalue weighted by atomic mass is 9.86. The average molecular weight is 273 g/mol. The molecule has 0 aliphatic carbocycles. The van der Waals surface area contributed by atoms with Gasteiger partial charge in [-0.2, -0.15) is 0 Å². The Balaban J connectivity index is 2.16. The Morgan fingerprint density at radius 3 is 2.60 bits per heavy atom. The second-order valence-electron chi connectivity index (χ2n) is 7.04. The van der Waals surface area contributed by atoms with Crippen LogP contribution in [0.4, 0.5) is 0 Å². The molecule has 0 spiro atoms. The highest BCUT2D eigenvalue weighted by molar-refractivity contribution is 5.84. The van der Waals surface area contributed by atoms with Gasteiger partial charge in [-0.3, -0.25) is 0 Å². The van der Waals surface area contributed by atoms with Gasteiger partial charge in [-0.25, -0.2) is 0 Å². The number of para-hydroxylation sites is 1. The van der Waals surface area contributed by atoms with Crippen LogP contribution in [0.1, 0.15) is 45.7 Å². The number of hydrogen-bond acceptors (Lipinski definition) is 2. The highest BCUT2D eigenvalue weighted by Crippen LogP contribution is 2.32. The van der Waals surface area contributed by atoms with Crippen molar-refractivity contribution in [3.05, 3.63) is 35.6 Å². The largest absolute Gasteiger partial charge is 0.464 e. The monoisotopic (exact) mass is 273 g/mol. The van der Waals surface area contributed by atoms with Gasteiger partial charge in [0.1, 0.15) is 5.58 Å². The third-order valence-corrected chi connectivity index (χ3v) is 3.61. The van der Waals surface area contributed by atoms with Crippen molar-refractivity contribution in [1.29, 1.82) is 0 Å². The maximum atomic E-state index is 5.86. The summed E-state index contributed by atoms with van der Waals surface area (Å²) in [6.45, 7) is 13.2. The van der Waals surface area contributed by atoms with Gasteiger partial charge in [-0.05, 0) is 36.4 Å². The van der Waals surface area contributed by atoms with Gasteiger partial charge in [0.15, 0.2) is 0 Å². The summed E-state index contributed by atoms with van der Waals surface area (Å²) in [5, 5.41) is 4.76. The van der Waals surface area contributed by atoms with Crippen LogP contribution in [-0.2, 0) is 11.8 Å². The first-order valence-electron chi connectivity index (χ1n) is 7.60. The fourth-order valence-electron chi connectivity index (χ4n) is 2.51. The molecule has 0 unspecified atom stereocenters. The van der Waals surface area contributed by atoms with Crippen LogP contribution in [0.5, 0.6) is 0 Å². The van der Waals surface area contributed by atoms with Gasteiger partial charge in [-0.15, -0.1) is 0 Å². The molecule has 0 saturated carbocycles. The summed E-state index contributed by atoms with van der Waals surface area (Å²) in [5.41, 5.74) is 3.77. The van der Waals surface area contributed by atoms with Crippen LogP contribution in [0, 0.1) is 5.92 Å². The molecule has 0 saturated heterocycles. The summed E-state index contributed by atoms with van der Waals surface area (Å²) in [7, 11) is 0. The number of benzene rings is 1. The highest BCUT2D eigenvalue weighted by atomic mass is 16.3. The molecule has 0 fully saturated rings. The zero-order valence-electron chi connectivity index (χ0n) is 13.4. The molecular formula is C18H27NO. The van der Waals surface area contributed by atoms with Crippen molar-refractivity contribution in [3.63, 3.8) is 0 Å². The Morgan fingerprint density at radius 2 is 1.95 bits per heavy atom. The van der Waals surface area contributed by atoms with Gasteiger partial charge >= 0.3 is 0 Å². The molecule has 1 N–H and O–H groups in total. The van der Waals surface area contributed by atoms with Crippen LogP contribution in [-0.4, -0.2) is 13.1 Å². The first-order chi connectivity index (χ1) is 9.39. The number of rotatable bonds is 5. The average Bonchev–Trinajstić information content (AvgIpc) is 2.76. The zero-order valence-corrected chi connectivity index (χ0v) is 13.4. The van der Waals surface area contributed by atoms with E-state index in [4.69, 9.17) is 4.42 Å². The van der Waals surface area contributed by atoms with E-state index in [-0.39, 0.29) is 5.41 Å². The number of hydrogen-bond donors (Lipinski definition) is 1. The van der Waals surface area contributed by atoms with Crippen LogP contribution >= 0.6 is 0 Å². The minimum Gasteiger partial charge on any atom is -0.464 e. The highest BCUT2D eigenvalue weighted by Gasteiger charge is 2.19. The van der Waals surface area contributed by atoms with Gasteiger partial charge in [0.2, 0.25) is 0 Å². The van der Waals surface area contributed by atoms with E-state index in [9.17, 15) is 0 Å². The minimum atomic E-state index is 0.116. The van der Waals surface area contributed by atoms with Crippen LogP contribution in [0.15, 0.2) is 28.9 Å². The minimum absolute atomic E-state index is 0.116. The molecule has 2 nitrogen and oxygen atoms in total. The Bertz CT molecular complexity index is 560. The van der Waals surface area contributed by atoms with E-state index >= 15 is 0 Å². The molecule has 110 valence electrons. The molecule has 1 heterocycles. The molecule has 2 rings (SSSR count). The van der Waals surface area contributed by atoms with Crippen molar-refractivity contribution in [3.8, 4) is 0 Å². The van der Waals surface area contributed by atoms with Gasteiger partial charge in [0.25, 0.3) is 0 Å². The fourth-order valence-corrected chi connectivity index (χ4v) is 2.51. The fraction of sp³-hybridized carbons (Fsp3) is 0.556. The smallest absolute Gasteiger partial charge is 0.137 e. The maximum Gasteiger partial charge on any atom is 0.137 e. The lowest BCUT2D eigenvalue weighted by Crippen LogP contribution is -2.22. The molecule has 0 amide bonds. The molecule has 1 aromatic carbocycles. The summed E-state index contributed by atoms with van der Waals surface area (Å²) in [6.07, 6.45) is 2.95. The van der Waals surface area contributed by atoms with Crippen LogP contribution in [0.2, 0.25) is 0 Å². The number of fused-ring (bicyclic) bond motifs is 1. The van der Waals surface area contributed by atoms with Crippen molar-refractivity contribution in [1.82, 2.24) is 5.32 Å². The predicted molar refractivity (Wildman–Crippen MR) is 86.3 cm³/mol. The summed E-state index contributed by atoms with van der Waals surface area (Å²) < 4.78 is 5.86. The Labute approximate surface area is 122 Å². The van der Waals surface area contributed by atoms with Gasteiger partial charge in [0, 0.05) is 10.9 Å². The first kappa shape index (κ1) is 15.1. The molecule has 0 bridgehead atoms. The predicted octanol–water partition coefficient (Wildman–Crippen LogP) is 4.52.